The molecule has 0 bridgehead atoms. The summed E-state index contributed by atoms with van der Waals surface area (Å²) >= 11 is 8.80. The fourth-order valence-electron chi connectivity index (χ4n) is 1.43. The molecule has 1 nitrogen and oxygen atoms in total. The molecule has 0 saturated heterocycles. The smallest absolute Gasteiger partial charge is 0.0843 e. The molecule has 1 atom stereocenters. The molecule has 0 spiro atoms. The second kappa shape index (κ2) is 7.50. The second-order valence-electron chi connectivity index (χ2n) is 3.52. The van der Waals surface area contributed by atoms with E-state index in [4.69, 9.17) is 6.42 Å². The molecule has 0 radical (unpaired) electrons. The van der Waals surface area contributed by atoms with E-state index in [0.29, 0.717) is 6.04 Å². The first-order valence-corrected chi connectivity index (χ1v) is 7.70. The van der Waals surface area contributed by atoms with Crippen LogP contribution in [0.15, 0.2) is 14.3 Å². The monoisotopic (exact) mass is 363 g/mol. The zero-order valence-electron chi connectivity index (χ0n) is 9.22. The molecule has 0 aliphatic heterocycles. The maximum Gasteiger partial charge on any atom is 0.0843 e. The maximum atomic E-state index is 5.33. The van der Waals surface area contributed by atoms with Gasteiger partial charge in [0.2, 0.25) is 0 Å². The predicted octanol–water partition coefficient (Wildman–Crippen LogP) is 4.73. The highest BCUT2D eigenvalue weighted by atomic mass is 79.9. The third-order valence-corrected chi connectivity index (χ3v) is 5.60. The van der Waals surface area contributed by atoms with E-state index in [-0.39, 0.29) is 0 Å². The molecule has 0 saturated carbocycles. The molecule has 0 aliphatic carbocycles. The number of terminal acetylenes is 1. The minimum atomic E-state index is 0.378. The van der Waals surface area contributed by atoms with E-state index in [1.807, 2.05) is 0 Å². The van der Waals surface area contributed by atoms with Gasteiger partial charge < -0.3 is 5.32 Å². The molecule has 0 aromatic carbocycles. The maximum absolute atomic E-state index is 5.33. The second-order valence-corrected chi connectivity index (χ2v) is 6.78. The third-order valence-electron chi connectivity index (χ3n) is 2.23. The average molecular weight is 365 g/mol. The fraction of sp³-hybridized carbons (Fsp3) is 0.500. The highest BCUT2D eigenvalue weighted by Crippen LogP contribution is 2.36. The van der Waals surface area contributed by atoms with E-state index in [0.717, 1.165) is 34.1 Å². The average Bonchev–Trinajstić information content (AvgIpc) is 2.59. The summed E-state index contributed by atoms with van der Waals surface area (Å²) in [5, 5.41) is 3.53. The van der Waals surface area contributed by atoms with Crippen molar-refractivity contribution >= 4 is 43.2 Å². The summed E-state index contributed by atoms with van der Waals surface area (Å²) in [7, 11) is 0. The van der Waals surface area contributed by atoms with Crippen LogP contribution in [0.5, 0.6) is 0 Å². The van der Waals surface area contributed by atoms with Gasteiger partial charge >= 0.3 is 0 Å². The van der Waals surface area contributed by atoms with Crippen LogP contribution in [0, 0.1) is 12.3 Å². The van der Waals surface area contributed by atoms with E-state index in [1.54, 1.807) is 11.3 Å². The van der Waals surface area contributed by atoms with Gasteiger partial charge in [-0.1, -0.05) is 6.92 Å². The van der Waals surface area contributed by atoms with E-state index < -0.39 is 0 Å². The van der Waals surface area contributed by atoms with Gasteiger partial charge in [-0.05, 0) is 57.3 Å². The van der Waals surface area contributed by atoms with Crippen molar-refractivity contribution in [2.45, 2.75) is 32.2 Å². The molecule has 0 fully saturated rings. The normalized spacial score (nSPS) is 12.4. The van der Waals surface area contributed by atoms with Gasteiger partial charge in [-0.25, -0.2) is 0 Å². The summed E-state index contributed by atoms with van der Waals surface area (Å²) < 4.78 is 2.27. The van der Waals surface area contributed by atoms with Crippen molar-refractivity contribution in [3.8, 4) is 12.3 Å². The van der Waals surface area contributed by atoms with Crippen LogP contribution < -0.4 is 5.32 Å². The first-order valence-electron chi connectivity index (χ1n) is 5.30. The zero-order valence-corrected chi connectivity index (χ0v) is 13.2. The van der Waals surface area contributed by atoms with Crippen LogP contribution in [0.1, 0.15) is 37.1 Å². The topological polar surface area (TPSA) is 12.0 Å². The van der Waals surface area contributed by atoms with E-state index in [1.165, 1.54) is 4.88 Å². The minimum Gasteiger partial charge on any atom is -0.309 e. The van der Waals surface area contributed by atoms with Gasteiger partial charge in [-0.15, -0.1) is 23.7 Å². The van der Waals surface area contributed by atoms with Crippen molar-refractivity contribution in [2.75, 3.05) is 6.54 Å². The minimum absolute atomic E-state index is 0.378. The van der Waals surface area contributed by atoms with Crippen LogP contribution in [-0.2, 0) is 0 Å². The van der Waals surface area contributed by atoms with Crippen molar-refractivity contribution in [2.24, 2.45) is 0 Å². The largest absolute Gasteiger partial charge is 0.309 e. The molecule has 0 aliphatic rings. The van der Waals surface area contributed by atoms with Crippen LogP contribution in [0.3, 0.4) is 0 Å². The van der Waals surface area contributed by atoms with Gasteiger partial charge in [0.25, 0.3) is 0 Å². The van der Waals surface area contributed by atoms with Gasteiger partial charge in [-0.3, -0.25) is 0 Å². The summed E-state index contributed by atoms with van der Waals surface area (Å²) in [6, 6.07) is 2.54. The number of hydrogen-bond acceptors (Lipinski definition) is 2. The number of hydrogen-bond donors (Lipinski definition) is 1. The van der Waals surface area contributed by atoms with Crippen LogP contribution in [0.2, 0.25) is 0 Å². The SMILES string of the molecule is C#CCCC(NCCC)c1cc(Br)c(Br)s1. The van der Waals surface area contributed by atoms with Gasteiger partial charge in [-0.2, -0.15) is 0 Å². The number of thiophene rings is 1. The van der Waals surface area contributed by atoms with Gasteiger partial charge in [0.05, 0.1) is 3.79 Å². The third kappa shape index (κ3) is 4.21. The molecular weight excluding hydrogens is 350 g/mol. The standard InChI is InChI=1S/C12H15Br2NS/c1-3-5-6-10(15-7-4-2)11-8-9(13)12(14)16-11/h1,8,10,15H,4-7H2,2H3. The highest BCUT2D eigenvalue weighted by molar-refractivity contribution is 9.13. The van der Waals surface area contributed by atoms with Crippen LogP contribution in [-0.4, -0.2) is 6.54 Å². The van der Waals surface area contributed by atoms with Crippen molar-refractivity contribution in [3.63, 3.8) is 0 Å². The van der Waals surface area contributed by atoms with Crippen molar-refractivity contribution < 1.29 is 0 Å². The van der Waals surface area contributed by atoms with Gasteiger partial charge in [0.1, 0.15) is 0 Å². The first kappa shape index (κ1) is 14.2. The molecule has 0 amide bonds. The molecule has 88 valence electrons. The Bertz CT molecular complexity index is 348. The van der Waals surface area contributed by atoms with Crippen molar-refractivity contribution in [1.29, 1.82) is 0 Å². The predicted molar refractivity (Wildman–Crippen MR) is 78.8 cm³/mol. The zero-order chi connectivity index (χ0) is 12.0. The van der Waals surface area contributed by atoms with Crippen molar-refractivity contribution in [1.82, 2.24) is 5.32 Å². The molecule has 1 heterocycles. The summed E-state index contributed by atoms with van der Waals surface area (Å²) in [4.78, 5) is 1.34. The number of halogens is 2. The first-order chi connectivity index (χ1) is 7.69. The molecule has 1 aromatic heterocycles. The van der Waals surface area contributed by atoms with Crippen LogP contribution in [0.25, 0.3) is 0 Å². The summed E-state index contributed by atoms with van der Waals surface area (Å²) in [6.07, 6.45) is 8.27. The molecule has 1 rings (SSSR count). The van der Waals surface area contributed by atoms with Gasteiger partial charge in [0.15, 0.2) is 0 Å². The fourth-order valence-corrected chi connectivity index (χ4v) is 3.63. The summed E-state index contributed by atoms with van der Waals surface area (Å²) in [5.41, 5.74) is 0. The molecule has 1 N–H and O–H groups in total. The lowest BCUT2D eigenvalue weighted by Crippen LogP contribution is -2.21. The Morgan fingerprint density at radius 2 is 2.31 bits per heavy atom. The number of rotatable bonds is 6. The Hall–Kier alpha value is 0.180. The Morgan fingerprint density at radius 3 is 2.81 bits per heavy atom. The lowest BCUT2D eigenvalue weighted by molar-refractivity contribution is 0.512. The van der Waals surface area contributed by atoms with Crippen molar-refractivity contribution in [3.05, 3.63) is 19.2 Å². The van der Waals surface area contributed by atoms with Crippen LogP contribution in [0.4, 0.5) is 0 Å². The Morgan fingerprint density at radius 1 is 1.56 bits per heavy atom. The van der Waals surface area contributed by atoms with E-state index in [2.05, 4.69) is 56.1 Å². The molecule has 1 aromatic rings. The quantitative estimate of drug-likeness (QED) is 0.719. The van der Waals surface area contributed by atoms with E-state index in [9.17, 15) is 0 Å². The Balaban J connectivity index is 2.71. The van der Waals surface area contributed by atoms with Gasteiger partial charge in [0, 0.05) is 21.8 Å². The molecule has 1 unspecified atom stereocenters. The summed E-state index contributed by atoms with van der Waals surface area (Å²) in [6.45, 7) is 3.20. The lowest BCUT2D eigenvalue weighted by Gasteiger charge is -2.15. The van der Waals surface area contributed by atoms with E-state index >= 15 is 0 Å². The summed E-state index contributed by atoms with van der Waals surface area (Å²) in [5.74, 6) is 2.71. The molecule has 16 heavy (non-hydrogen) atoms. The Labute approximate surface area is 118 Å². The molecule has 4 heteroatoms. The Kier molecular flexibility index (Phi) is 6.67. The molecular formula is C12H15Br2NS. The number of nitrogens with one attached hydrogen (secondary N) is 1. The lowest BCUT2D eigenvalue weighted by atomic mass is 10.1. The highest BCUT2D eigenvalue weighted by Gasteiger charge is 2.14. The van der Waals surface area contributed by atoms with Crippen LogP contribution >= 0.6 is 43.2 Å².